The highest BCUT2D eigenvalue weighted by Gasteiger charge is 2.23. The van der Waals surface area contributed by atoms with E-state index in [-0.39, 0.29) is 0 Å². The maximum Gasteiger partial charge on any atom is 0.252 e. The molecule has 1 rings (SSSR count). The van der Waals surface area contributed by atoms with E-state index >= 15 is 0 Å². The second-order valence-electron chi connectivity index (χ2n) is 5.24. The van der Waals surface area contributed by atoms with Crippen LogP contribution in [0.1, 0.15) is 25.6 Å². The standard InChI is InChI=1S/C16H30N4O3S2/c1-5-17-16(19-12-13-23-4)18-11-10-14-8-9-15(24-14)25(21,22)20(6-2)7-3/h8-9H,5-7,10-13H2,1-4H3,(H2,17,18,19). The van der Waals surface area contributed by atoms with Gasteiger partial charge in [-0.3, -0.25) is 4.99 Å². The molecular weight excluding hydrogens is 360 g/mol. The molecule has 0 fully saturated rings. The van der Waals surface area contributed by atoms with Gasteiger partial charge in [-0.1, -0.05) is 13.8 Å². The van der Waals surface area contributed by atoms with Crippen LogP contribution in [0.25, 0.3) is 0 Å². The summed E-state index contributed by atoms with van der Waals surface area (Å²) in [6, 6.07) is 3.59. The minimum atomic E-state index is -3.36. The summed E-state index contributed by atoms with van der Waals surface area (Å²) in [5.74, 6) is 0.743. The molecule has 0 atom stereocenters. The van der Waals surface area contributed by atoms with Gasteiger partial charge >= 0.3 is 0 Å². The minimum Gasteiger partial charge on any atom is -0.383 e. The summed E-state index contributed by atoms with van der Waals surface area (Å²) in [6.45, 7) is 9.32. The molecule has 0 amide bonds. The highest BCUT2D eigenvalue weighted by molar-refractivity contribution is 7.91. The van der Waals surface area contributed by atoms with Crippen LogP contribution in [0.3, 0.4) is 0 Å². The van der Waals surface area contributed by atoms with Crippen molar-refractivity contribution in [3.8, 4) is 0 Å². The van der Waals surface area contributed by atoms with Crippen molar-refractivity contribution in [2.45, 2.75) is 31.4 Å². The van der Waals surface area contributed by atoms with Crippen LogP contribution >= 0.6 is 11.3 Å². The number of nitrogens with one attached hydrogen (secondary N) is 2. The summed E-state index contributed by atoms with van der Waals surface area (Å²) in [6.07, 6.45) is 0.743. The van der Waals surface area contributed by atoms with E-state index in [4.69, 9.17) is 4.74 Å². The lowest BCUT2D eigenvalue weighted by atomic mass is 10.3. The highest BCUT2D eigenvalue weighted by atomic mass is 32.2. The zero-order valence-corrected chi connectivity index (χ0v) is 17.2. The minimum absolute atomic E-state index is 0.409. The predicted octanol–water partition coefficient (Wildman–Crippen LogP) is 1.52. The molecule has 0 saturated heterocycles. The molecule has 0 aliphatic heterocycles. The maximum absolute atomic E-state index is 12.5. The van der Waals surface area contributed by atoms with Crippen LogP contribution in [0.15, 0.2) is 21.3 Å². The fourth-order valence-corrected chi connectivity index (χ4v) is 5.18. The topological polar surface area (TPSA) is 83.0 Å². The maximum atomic E-state index is 12.5. The summed E-state index contributed by atoms with van der Waals surface area (Å²) in [5.41, 5.74) is 0. The van der Waals surface area contributed by atoms with Crippen molar-refractivity contribution >= 4 is 27.3 Å². The molecule has 0 saturated carbocycles. The van der Waals surface area contributed by atoms with Gasteiger partial charge in [-0.2, -0.15) is 4.31 Å². The monoisotopic (exact) mass is 390 g/mol. The summed E-state index contributed by atoms with van der Waals surface area (Å²) < 4.78 is 31.9. The van der Waals surface area contributed by atoms with Gasteiger partial charge in [0.15, 0.2) is 5.96 Å². The largest absolute Gasteiger partial charge is 0.383 e. The number of hydrogen-bond acceptors (Lipinski definition) is 5. The van der Waals surface area contributed by atoms with Gasteiger partial charge in [0.05, 0.1) is 13.2 Å². The second-order valence-corrected chi connectivity index (χ2v) is 8.57. The van der Waals surface area contributed by atoms with Gasteiger partial charge in [-0.15, -0.1) is 11.3 Å². The molecule has 9 heteroatoms. The lowest BCUT2D eigenvalue weighted by Crippen LogP contribution is -2.38. The highest BCUT2D eigenvalue weighted by Crippen LogP contribution is 2.25. The lowest BCUT2D eigenvalue weighted by Gasteiger charge is -2.16. The van der Waals surface area contributed by atoms with Crippen LogP contribution in [0.5, 0.6) is 0 Å². The Balaban J connectivity index is 2.62. The Morgan fingerprint density at radius 3 is 2.56 bits per heavy atom. The normalized spacial score (nSPS) is 12.6. The van der Waals surface area contributed by atoms with E-state index in [2.05, 4.69) is 15.6 Å². The Hall–Kier alpha value is -1.16. The van der Waals surface area contributed by atoms with Gasteiger partial charge in [0, 0.05) is 38.2 Å². The molecule has 144 valence electrons. The van der Waals surface area contributed by atoms with Crippen molar-refractivity contribution in [2.24, 2.45) is 4.99 Å². The molecule has 0 aliphatic rings. The van der Waals surface area contributed by atoms with Gasteiger partial charge in [0.25, 0.3) is 10.0 Å². The van der Waals surface area contributed by atoms with E-state index in [1.807, 2.05) is 26.8 Å². The molecule has 0 spiro atoms. The Labute approximate surface area is 155 Å². The third-order valence-electron chi connectivity index (χ3n) is 3.51. The van der Waals surface area contributed by atoms with Gasteiger partial charge in [-0.05, 0) is 25.5 Å². The first-order valence-electron chi connectivity index (χ1n) is 8.59. The number of hydrogen-bond donors (Lipinski definition) is 2. The van der Waals surface area contributed by atoms with E-state index in [0.717, 1.165) is 23.8 Å². The van der Waals surface area contributed by atoms with Crippen LogP contribution in [-0.2, 0) is 21.2 Å². The fraction of sp³-hybridized carbons (Fsp3) is 0.688. The van der Waals surface area contributed by atoms with Crippen LogP contribution < -0.4 is 10.6 Å². The second kappa shape index (κ2) is 11.5. The average Bonchev–Trinajstić information content (AvgIpc) is 3.06. The van der Waals surface area contributed by atoms with Crippen molar-refractivity contribution in [3.63, 3.8) is 0 Å². The third-order valence-corrected chi connectivity index (χ3v) is 7.17. The summed E-state index contributed by atoms with van der Waals surface area (Å²) >= 11 is 1.34. The first-order valence-corrected chi connectivity index (χ1v) is 10.8. The number of nitrogens with zero attached hydrogens (tertiary/aromatic N) is 2. The Morgan fingerprint density at radius 2 is 1.96 bits per heavy atom. The van der Waals surface area contributed by atoms with Crippen molar-refractivity contribution in [1.29, 1.82) is 0 Å². The number of ether oxygens (including phenoxy) is 1. The number of sulfonamides is 1. The first-order chi connectivity index (χ1) is 12.0. The Kier molecular flexibility index (Phi) is 10.0. The smallest absolute Gasteiger partial charge is 0.252 e. The summed E-state index contributed by atoms with van der Waals surface area (Å²) in [4.78, 5) is 5.43. The lowest BCUT2D eigenvalue weighted by molar-refractivity contribution is 0.208. The molecule has 2 N–H and O–H groups in total. The van der Waals surface area contributed by atoms with E-state index in [0.29, 0.717) is 37.0 Å². The molecular formula is C16H30N4O3S2. The molecule has 0 aromatic carbocycles. The first kappa shape index (κ1) is 21.9. The average molecular weight is 391 g/mol. The van der Waals surface area contributed by atoms with Gasteiger partial charge in [0.2, 0.25) is 0 Å². The van der Waals surface area contributed by atoms with E-state index in [1.54, 1.807) is 13.2 Å². The molecule has 1 aromatic rings. The molecule has 7 nitrogen and oxygen atoms in total. The van der Waals surface area contributed by atoms with E-state index in [9.17, 15) is 8.42 Å². The number of guanidine groups is 1. The van der Waals surface area contributed by atoms with Gasteiger partial charge in [0.1, 0.15) is 4.21 Å². The zero-order chi connectivity index (χ0) is 18.7. The Bertz CT molecular complexity index is 625. The predicted molar refractivity (Wildman–Crippen MR) is 104 cm³/mol. The number of methoxy groups -OCH3 is 1. The molecule has 1 aromatic heterocycles. The number of thiophene rings is 1. The van der Waals surface area contributed by atoms with Gasteiger partial charge < -0.3 is 15.4 Å². The SMILES string of the molecule is CCNC(=NCCOC)NCCc1ccc(S(=O)(=O)N(CC)CC)s1. The molecule has 25 heavy (non-hydrogen) atoms. The van der Waals surface area contributed by atoms with Crippen molar-refractivity contribution in [2.75, 3.05) is 46.4 Å². The number of rotatable bonds is 11. The van der Waals surface area contributed by atoms with E-state index < -0.39 is 10.0 Å². The van der Waals surface area contributed by atoms with Crippen LogP contribution in [0, 0.1) is 0 Å². The van der Waals surface area contributed by atoms with E-state index in [1.165, 1.54) is 15.6 Å². The molecule has 0 radical (unpaired) electrons. The fourth-order valence-electron chi connectivity index (χ4n) is 2.22. The molecule has 0 aliphatic carbocycles. The van der Waals surface area contributed by atoms with Crippen LogP contribution in [0.2, 0.25) is 0 Å². The summed E-state index contributed by atoms with van der Waals surface area (Å²) in [7, 11) is -1.71. The quantitative estimate of drug-likeness (QED) is 0.340. The van der Waals surface area contributed by atoms with Crippen molar-refractivity contribution in [1.82, 2.24) is 14.9 Å². The number of aliphatic imine (C=N–C) groups is 1. The van der Waals surface area contributed by atoms with Gasteiger partial charge in [-0.25, -0.2) is 8.42 Å². The zero-order valence-electron chi connectivity index (χ0n) is 15.5. The van der Waals surface area contributed by atoms with Crippen molar-refractivity contribution < 1.29 is 13.2 Å². The van der Waals surface area contributed by atoms with Crippen LogP contribution in [0.4, 0.5) is 0 Å². The van der Waals surface area contributed by atoms with Crippen molar-refractivity contribution in [3.05, 3.63) is 17.0 Å². The summed E-state index contributed by atoms with van der Waals surface area (Å²) in [5, 5.41) is 6.42. The van der Waals surface area contributed by atoms with Crippen LogP contribution in [-0.4, -0.2) is 65.1 Å². The molecule has 0 unspecified atom stereocenters. The Morgan fingerprint density at radius 1 is 1.24 bits per heavy atom. The third kappa shape index (κ3) is 6.93. The molecule has 1 heterocycles. The molecule has 0 bridgehead atoms.